The zero-order chi connectivity index (χ0) is 12.8. The van der Waals surface area contributed by atoms with E-state index in [0.717, 1.165) is 12.0 Å². The van der Waals surface area contributed by atoms with Gasteiger partial charge in [-0.15, -0.1) is 12.4 Å². The van der Waals surface area contributed by atoms with Crippen molar-refractivity contribution in [2.45, 2.75) is 39.8 Å². The largest absolute Gasteiger partial charge is 0.351 e. The minimum absolute atomic E-state index is 0. The van der Waals surface area contributed by atoms with E-state index >= 15 is 0 Å². The molecule has 0 bridgehead atoms. The number of carbonyl (C=O) groups is 1. The molecule has 102 valence electrons. The summed E-state index contributed by atoms with van der Waals surface area (Å²) in [7, 11) is 0. The van der Waals surface area contributed by atoms with Crippen molar-refractivity contribution in [1.82, 2.24) is 5.32 Å². The van der Waals surface area contributed by atoms with E-state index in [1.54, 1.807) is 0 Å². The van der Waals surface area contributed by atoms with Gasteiger partial charge in [0.05, 0.1) is 6.04 Å². The summed E-state index contributed by atoms with van der Waals surface area (Å²) < 4.78 is 0. The monoisotopic (exact) mass is 270 g/mol. The maximum atomic E-state index is 11.7. The second-order valence-corrected chi connectivity index (χ2v) is 4.61. The van der Waals surface area contributed by atoms with Gasteiger partial charge >= 0.3 is 0 Å². The summed E-state index contributed by atoms with van der Waals surface area (Å²) in [6.07, 6.45) is 0.916. The number of benzene rings is 1. The molecule has 0 aliphatic carbocycles. The average Bonchev–Trinajstić information content (AvgIpc) is 2.35. The topological polar surface area (TPSA) is 55.1 Å². The van der Waals surface area contributed by atoms with Crippen molar-refractivity contribution in [1.29, 1.82) is 0 Å². The number of carbonyl (C=O) groups excluding carboxylic acids is 1. The quantitative estimate of drug-likeness (QED) is 0.863. The fraction of sp³-hybridized carbons (Fsp3) is 0.500. The third-order valence-corrected chi connectivity index (χ3v) is 3.15. The van der Waals surface area contributed by atoms with E-state index in [-0.39, 0.29) is 24.2 Å². The molecule has 18 heavy (non-hydrogen) atoms. The van der Waals surface area contributed by atoms with Gasteiger partial charge in [0.15, 0.2) is 0 Å². The van der Waals surface area contributed by atoms with Gasteiger partial charge in [0.2, 0.25) is 5.91 Å². The number of rotatable bonds is 5. The molecule has 0 spiro atoms. The van der Waals surface area contributed by atoms with E-state index in [1.807, 2.05) is 45.0 Å². The molecule has 1 aromatic carbocycles. The Hall–Kier alpha value is -1.06. The maximum absolute atomic E-state index is 11.7. The Morgan fingerprint density at radius 2 is 1.89 bits per heavy atom. The van der Waals surface area contributed by atoms with Crippen molar-refractivity contribution < 1.29 is 4.79 Å². The van der Waals surface area contributed by atoms with Crippen LogP contribution in [0.3, 0.4) is 0 Å². The van der Waals surface area contributed by atoms with Crippen molar-refractivity contribution in [3.8, 4) is 0 Å². The Morgan fingerprint density at radius 1 is 1.33 bits per heavy atom. The summed E-state index contributed by atoms with van der Waals surface area (Å²) in [6.45, 7) is 6.62. The molecule has 1 aromatic rings. The van der Waals surface area contributed by atoms with Crippen molar-refractivity contribution >= 4 is 18.3 Å². The number of aryl methyl sites for hydroxylation is 1. The molecular formula is C14H23ClN2O. The normalized spacial score (nSPS) is 13.3. The Labute approximate surface area is 116 Å². The second-order valence-electron chi connectivity index (χ2n) is 4.61. The molecule has 0 saturated carbocycles. The van der Waals surface area contributed by atoms with Crippen LogP contribution in [0.25, 0.3) is 0 Å². The van der Waals surface area contributed by atoms with Crippen LogP contribution in [0.4, 0.5) is 0 Å². The summed E-state index contributed by atoms with van der Waals surface area (Å²) in [5, 5.41) is 2.87. The molecule has 0 aliphatic heterocycles. The third kappa shape index (κ3) is 5.07. The summed E-state index contributed by atoms with van der Waals surface area (Å²) in [4.78, 5) is 11.7. The smallest absolute Gasteiger partial charge is 0.237 e. The Kier molecular flexibility index (Phi) is 7.64. The van der Waals surface area contributed by atoms with E-state index in [1.165, 1.54) is 5.56 Å². The zero-order valence-corrected chi connectivity index (χ0v) is 12.1. The molecular weight excluding hydrogens is 248 g/mol. The van der Waals surface area contributed by atoms with Crippen molar-refractivity contribution in [3.63, 3.8) is 0 Å². The summed E-state index contributed by atoms with van der Waals surface area (Å²) in [6, 6.07) is 7.70. The van der Waals surface area contributed by atoms with Gasteiger partial charge in [-0.2, -0.15) is 0 Å². The Bertz CT molecular complexity index is 365. The maximum Gasteiger partial charge on any atom is 0.237 e. The van der Waals surface area contributed by atoms with Gasteiger partial charge < -0.3 is 11.1 Å². The summed E-state index contributed by atoms with van der Waals surface area (Å²) >= 11 is 0. The summed E-state index contributed by atoms with van der Waals surface area (Å²) in [5.41, 5.74) is 8.16. The molecule has 0 fully saturated rings. The average molecular weight is 271 g/mol. The third-order valence-electron chi connectivity index (χ3n) is 3.15. The highest BCUT2D eigenvalue weighted by atomic mass is 35.5. The Morgan fingerprint density at radius 3 is 2.39 bits per heavy atom. The Balaban J connectivity index is 0.00000289. The van der Waals surface area contributed by atoms with Crippen molar-refractivity contribution in [2.75, 3.05) is 0 Å². The van der Waals surface area contributed by atoms with E-state index in [2.05, 4.69) is 5.32 Å². The van der Waals surface area contributed by atoms with Crippen LogP contribution in [0.1, 0.15) is 31.4 Å². The SMILES string of the molecule is CC[C@H](C)[C@H](N)C(=O)NCc1ccc(C)cc1.Cl. The molecule has 0 aliphatic rings. The predicted octanol–water partition coefficient (Wildman–Crippen LogP) is 2.41. The van der Waals surface area contributed by atoms with Crippen LogP contribution in [0.2, 0.25) is 0 Å². The minimum atomic E-state index is -0.412. The molecule has 0 aromatic heterocycles. The number of halogens is 1. The second kappa shape index (κ2) is 8.11. The van der Waals surface area contributed by atoms with Gasteiger partial charge in [0, 0.05) is 6.54 Å². The zero-order valence-electron chi connectivity index (χ0n) is 11.3. The van der Waals surface area contributed by atoms with E-state index in [9.17, 15) is 4.79 Å². The lowest BCUT2D eigenvalue weighted by atomic mass is 9.99. The van der Waals surface area contributed by atoms with Crippen LogP contribution in [0.5, 0.6) is 0 Å². The van der Waals surface area contributed by atoms with Gasteiger partial charge in [-0.25, -0.2) is 0 Å². The first-order valence-electron chi connectivity index (χ1n) is 6.13. The lowest BCUT2D eigenvalue weighted by Crippen LogP contribution is -2.44. The van der Waals surface area contributed by atoms with Crippen LogP contribution in [-0.2, 0) is 11.3 Å². The number of nitrogens with one attached hydrogen (secondary N) is 1. The minimum Gasteiger partial charge on any atom is -0.351 e. The van der Waals surface area contributed by atoms with Gasteiger partial charge in [-0.3, -0.25) is 4.79 Å². The molecule has 1 rings (SSSR count). The van der Waals surface area contributed by atoms with Crippen LogP contribution < -0.4 is 11.1 Å². The summed E-state index contributed by atoms with van der Waals surface area (Å²) in [5.74, 6) is 0.146. The van der Waals surface area contributed by atoms with Crippen molar-refractivity contribution in [2.24, 2.45) is 11.7 Å². The van der Waals surface area contributed by atoms with Gasteiger partial charge in [0.1, 0.15) is 0 Å². The lowest BCUT2D eigenvalue weighted by Gasteiger charge is -2.17. The highest BCUT2D eigenvalue weighted by molar-refractivity contribution is 5.85. The van der Waals surface area contributed by atoms with Crippen molar-refractivity contribution in [3.05, 3.63) is 35.4 Å². The fourth-order valence-electron chi connectivity index (χ4n) is 1.53. The van der Waals surface area contributed by atoms with Gasteiger partial charge in [-0.05, 0) is 18.4 Å². The number of hydrogen-bond acceptors (Lipinski definition) is 2. The molecule has 0 radical (unpaired) electrons. The number of nitrogens with two attached hydrogens (primary N) is 1. The van der Waals surface area contributed by atoms with E-state index in [4.69, 9.17) is 5.73 Å². The highest BCUT2D eigenvalue weighted by Crippen LogP contribution is 2.06. The van der Waals surface area contributed by atoms with Crippen LogP contribution in [-0.4, -0.2) is 11.9 Å². The van der Waals surface area contributed by atoms with Crippen LogP contribution in [0.15, 0.2) is 24.3 Å². The van der Waals surface area contributed by atoms with E-state index < -0.39 is 6.04 Å². The van der Waals surface area contributed by atoms with E-state index in [0.29, 0.717) is 6.54 Å². The molecule has 0 saturated heterocycles. The number of hydrogen-bond donors (Lipinski definition) is 2. The highest BCUT2D eigenvalue weighted by Gasteiger charge is 2.18. The molecule has 3 nitrogen and oxygen atoms in total. The molecule has 4 heteroatoms. The molecule has 1 amide bonds. The van der Waals surface area contributed by atoms with Gasteiger partial charge in [-0.1, -0.05) is 50.1 Å². The fourth-order valence-corrected chi connectivity index (χ4v) is 1.53. The standard InChI is InChI=1S/C14H22N2O.ClH/c1-4-11(3)13(15)14(17)16-9-12-7-5-10(2)6-8-12;/h5-8,11,13H,4,9,15H2,1-3H3,(H,16,17);1H/t11-,13-;/m0./s1. The molecule has 0 heterocycles. The van der Waals surface area contributed by atoms with Crippen LogP contribution in [0, 0.1) is 12.8 Å². The molecule has 2 atom stereocenters. The first-order chi connectivity index (χ1) is 8.04. The molecule has 0 unspecified atom stereocenters. The first-order valence-corrected chi connectivity index (χ1v) is 6.13. The number of amides is 1. The van der Waals surface area contributed by atoms with Gasteiger partial charge in [0.25, 0.3) is 0 Å². The molecule has 3 N–H and O–H groups in total. The first kappa shape index (κ1) is 16.9. The van der Waals surface area contributed by atoms with Crippen LogP contribution >= 0.6 is 12.4 Å². The lowest BCUT2D eigenvalue weighted by molar-refractivity contribution is -0.123. The predicted molar refractivity (Wildman–Crippen MR) is 77.7 cm³/mol.